The molecular formula is C31H34N2O5. The molecule has 7 heteroatoms. The van der Waals surface area contributed by atoms with Gasteiger partial charge in [0.25, 0.3) is 5.91 Å². The van der Waals surface area contributed by atoms with Crippen molar-refractivity contribution in [3.05, 3.63) is 83.9 Å². The molecule has 0 N–H and O–H groups in total. The summed E-state index contributed by atoms with van der Waals surface area (Å²) in [7, 11) is 0. The Bertz CT molecular complexity index is 1280. The Hall–Kier alpha value is -3.84. The van der Waals surface area contributed by atoms with Crippen LogP contribution in [0.4, 0.5) is 11.4 Å². The van der Waals surface area contributed by atoms with Crippen LogP contribution in [0, 0.1) is 5.92 Å². The minimum atomic E-state index is -0.922. The van der Waals surface area contributed by atoms with Crippen LogP contribution in [-0.4, -0.2) is 31.1 Å². The predicted octanol–water partition coefficient (Wildman–Crippen LogP) is 5.88. The number of aryl methyl sites for hydroxylation is 1. The van der Waals surface area contributed by atoms with Gasteiger partial charge in [-0.3, -0.25) is 14.4 Å². The molecule has 3 atom stereocenters. The largest absolute Gasteiger partial charge is 0.490 e. The van der Waals surface area contributed by atoms with Gasteiger partial charge in [-0.05, 0) is 67.3 Å². The second-order valence-electron chi connectivity index (χ2n) is 9.53. The van der Waals surface area contributed by atoms with Gasteiger partial charge in [0.05, 0.1) is 30.6 Å². The fraction of sp³-hybridized carbons (Fsp3) is 0.355. The summed E-state index contributed by atoms with van der Waals surface area (Å²) in [4.78, 5) is 35.0. The van der Waals surface area contributed by atoms with E-state index in [0.717, 1.165) is 36.1 Å². The molecule has 3 aromatic carbocycles. The molecule has 0 radical (unpaired) electrons. The van der Waals surface area contributed by atoms with E-state index in [1.807, 2.05) is 79.7 Å². The molecule has 0 spiro atoms. The number of hydrogen-bond donors (Lipinski definition) is 0. The number of carbonyl (C=O) groups excluding carboxylic acids is 2. The molecule has 38 heavy (non-hydrogen) atoms. The van der Waals surface area contributed by atoms with Crippen LogP contribution in [-0.2, 0) is 20.8 Å². The Balaban J connectivity index is 1.54. The zero-order valence-electron chi connectivity index (χ0n) is 22.1. The minimum Gasteiger partial charge on any atom is -0.490 e. The van der Waals surface area contributed by atoms with Crippen molar-refractivity contribution in [1.82, 2.24) is 0 Å². The van der Waals surface area contributed by atoms with Gasteiger partial charge in [-0.1, -0.05) is 56.7 Å². The first kappa shape index (κ1) is 25.8. The molecule has 0 aromatic heterocycles. The van der Waals surface area contributed by atoms with E-state index < -0.39 is 18.1 Å². The smallest absolute Gasteiger partial charge is 0.266 e. The van der Waals surface area contributed by atoms with Crippen LogP contribution in [0.1, 0.15) is 50.8 Å². The lowest BCUT2D eigenvalue weighted by atomic mass is 9.90. The van der Waals surface area contributed by atoms with Gasteiger partial charge in [0, 0.05) is 0 Å². The number of nitrogens with zero attached hydrogens (tertiary/aromatic N) is 2. The molecule has 5 rings (SSSR count). The Morgan fingerprint density at radius 3 is 2.26 bits per heavy atom. The van der Waals surface area contributed by atoms with Gasteiger partial charge in [-0.15, -0.1) is 0 Å². The molecule has 2 amide bonds. The van der Waals surface area contributed by atoms with Gasteiger partial charge < -0.3 is 9.47 Å². The van der Waals surface area contributed by atoms with Gasteiger partial charge in [0.15, 0.2) is 17.6 Å². The summed E-state index contributed by atoms with van der Waals surface area (Å²) < 4.78 is 11.9. The number of amides is 2. The quantitative estimate of drug-likeness (QED) is 0.249. The van der Waals surface area contributed by atoms with Crippen LogP contribution < -0.4 is 19.4 Å². The minimum absolute atomic E-state index is 0.270. The molecular weight excluding hydrogens is 480 g/mol. The standard InChI is InChI=1S/C31H34N2O5/c1-4-7-19-37-25-18-15-22(20-26(25)36-6-3)28-27-29(38-33(28)24-11-9-8-10-12-24)31(35)32(30(27)34)23-16-13-21(5-2)14-17-23/h8-18,20,27-29H,4-7,19H2,1-3H3/t27-,28+,29+/m1/s1. The molecule has 0 unspecified atom stereocenters. The van der Waals surface area contributed by atoms with Crippen molar-refractivity contribution in [2.75, 3.05) is 23.2 Å². The normalized spacial score (nSPS) is 20.7. The maximum atomic E-state index is 13.9. The lowest BCUT2D eigenvalue weighted by molar-refractivity contribution is -0.126. The molecule has 0 bridgehead atoms. The average molecular weight is 515 g/mol. The zero-order valence-corrected chi connectivity index (χ0v) is 22.1. The fourth-order valence-electron chi connectivity index (χ4n) is 5.11. The van der Waals surface area contributed by atoms with Gasteiger partial charge in [0.1, 0.15) is 5.92 Å². The number of para-hydroxylation sites is 1. The lowest BCUT2D eigenvalue weighted by Crippen LogP contribution is -2.37. The third-order valence-electron chi connectivity index (χ3n) is 7.09. The van der Waals surface area contributed by atoms with E-state index in [9.17, 15) is 9.59 Å². The van der Waals surface area contributed by atoms with Crippen molar-refractivity contribution in [3.8, 4) is 11.5 Å². The first-order valence-electron chi connectivity index (χ1n) is 13.4. The number of fused-ring (bicyclic) bond motifs is 1. The number of carbonyl (C=O) groups is 2. The SMILES string of the molecule is CCCCOc1ccc([C@H]2[C@H]3C(=O)N(c4ccc(CC)cc4)C(=O)[C@H]3ON2c2ccccc2)cc1OCC. The second kappa shape index (κ2) is 11.3. The second-order valence-corrected chi connectivity index (χ2v) is 9.53. The summed E-state index contributed by atoms with van der Waals surface area (Å²) in [6.07, 6.45) is 1.94. The summed E-state index contributed by atoms with van der Waals surface area (Å²) >= 11 is 0. The number of hydroxylamine groups is 1. The number of unbranched alkanes of at least 4 members (excludes halogenated alkanes) is 1. The molecule has 198 valence electrons. The van der Waals surface area contributed by atoms with Crippen molar-refractivity contribution < 1.29 is 23.9 Å². The Morgan fingerprint density at radius 2 is 1.58 bits per heavy atom. The van der Waals surface area contributed by atoms with Crippen molar-refractivity contribution in [3.63, 3.8) is 0 Å². The Kier molecular flexibility index (Phi) is 7.65. The molecule has 7 nitrogen and oxygen atoms in total. The van der Waals surface area contributed by atoms with E-state index >= 15 is 0 Å². The molecule has 0 aliphatic carbocycles. The summed E-state index contributed by atoms with van der Waals surface area (Å²) in [5.74, 6) is -0.0559. The monoisotopic (exact) mass is 514 g/mol. The summed E-state index contributed by atoms with van der Waals surface area (Å²) in [6.45, 7) is 7.18. The average Bonchev–Trinajstić information content (AvgIpc) is 3.46. The maximum Gasteiger partial charge on any atom is 0.266 e. The fourth-order valence-corrected chi connectivity index (χ4v) is 5.11. The molecule has 2 aliphatic heterocycles. The topological polar surface area (TPSA) is 68.3 Å². The third-order valence-corrected chi connectivity index (χ3v) is 7.09. The molecule has 2 saturated heterocycles. The highest BCUT2D eigenvalue weighted by molar-refractivity contribution is 6.23. The number of hydrogen-bond acceptors (Lipinski definition) is 6. The number of anilines is 2. The highest BCUT2D eigenvalue weighted by Crippen LogP contribution is 2.48. The van der Waals surface area contributed by atoms with Crippen LogP contribution in [0.5, 0.6) is 11.5 Å². The van der Waals surface area contributed by atoms with Crippen LogP contribution in [0.25, 0.3) is 0 Å². The molecule has 2 aliphatic rings. The van der Waals surface area contributed by atoms with Crippen LogP contribution in [0.2, 0.25) is 0 Å². The summed E-state index contributed by atoms with van der Waals surface area (Å²) in [6, 6.07) is 22.3. The summed E-state index contributed by atoms with van der Waals surface area (Å²) in [5, 5.41) is 1.70. The first-order chi connectivity index (χ1) is 18.6. The van der Waals surface area contributed by atoms with E-state index in [2.05, 4.69) is 13.8 Å². The third kappa shape index (κ3) is 4.74. The van der Waals surface area contributed by atoms with Crippen molar-refractivity contribution >= 4 is 23.2 Å². The van der Waals surface area contributed by atoms with E-state index in [-0.39, 0.29) is 11.8 Å². The van der Waals surface area contributed by atoms with Gasteiger partial charge in [-0.25, -0.2) is 9.96 Å². The number of rotatable bonds is 10. The van der Waals surface area contributed by atoms with E-state index in [4.69, 9.17) is 14.3 Å². The van der Waals surface area contributed by atoms with Crippen LogP contribution in [0.15, 0.2) is 72.8 Å². The van der Waals surface area contributed by atoms with Crippen molar-refractivity contribution in [2.45, 2.75) is 52.2 Å². The number of imide groups is 1. The number of benzene rings is 3. The first-order valence-corrected chi connectivity index (χ1v) is 13.4. The predicted molar refractivity (Wildman–Crippen MR) is 146 cm³/mol. The Labute approximate surface area is 223 Å². The van der Waals surface area contributed by atoms with Crippen LogP contribution >= 0.6 is 0 Å². The van der Waals surface area contributed by atoms with E-state index in [1.54, 1.807) is 5.06 Å². The molecule has 2 fully saturated rings. The Morgan fingerprint density at radius 1 is 0.816 bits per heavy atom. The molecule has 2 heterocycles. The van der Waals surface area contributed by atoms with Gasteiger partial charge >= 0.3 is 0 Å². The number of ether oxygens (including phenoxy) is 2. The van der Waals surface area contributed by atoms with Crippen molar-refractivity contribution in [2.24, 2.45) is 5.92 Å². The summed E-state index contributed by atoms with van der Waals surface area (Å²) in [5.41, 5.74) is 3.29. The van der Waals surface area contributed by atoms with E-state index in [0.29, 0.717) is 30.4 Å². The van der Waals surface area contributed by atoms with Crippen LogP contribution in [0.3, 0.4) is 0 Å². The van der Waals surface area contributed by atoms with Gasteiger partial charge in [0.2, 0.25) is 5.91 Å². The van der Waals surface area contributed by atoms with E-state index in [1.165, 1.54) is 4.90 Å². The van der Waals surface area contributed by atoms with Gasteiger partial charge in [-0.2, -0.15) is 0 Å². The molecule has 0 saturated carbocycles. The molecule has 3 aromatic rings. The zero-order chi connectivity index (χ0) is 26.6. The van der Waals surface area contributed by atoms with Crippen molar-refractivity contribution in [1.29, 1.82) is 0 Å². The highest BCUT2D eigenvalue weighted by atomic mass is 16.7. The highest BCUT2D eigenvalue weighted by Gasteiger charge is 2.60. The maximum absolute atomic E-state index is 13.9. The lowest BCUT2D eigenvalue weighted by Gasteiger charge is -2.29.